The summed E-state index contributed by atoms with van der Waals surface area (Å²) >= 11 is 0. The number of carbonyl (C=O) groups is 1. The predicted molar refractivity (Wildman–Crippen MR) is 94.7 cm³/mol. The number of benzene rings is 1. The summed E-state index contributed by atoms with van der Waals surface area (Å²) in [5.41, 5.74) is 2.67. The van der Waals surface area contributed by atoms with Gasteiger partial charge < -0.3 is 9.16 Å². The summed E-state index contributed by atoms with van der Waals surface area (Å²) in [6, 6.07) is 5.54. The SMILES string of the molecule is C=Cc1ccc(C(=O)OC)cc1CCO[Si](C)(C)C(C)(C)C. The summed E-state index contributed by atoms with van der Waals surface area (Å²) < 4.78 is 11.0. The smallest absolute Gasteiger partial charge is 0.337 e. The van der Waals surface area contributed by atoms with Gasteiger partial charge in [0.05, 0.1) is 12.7 Å². The maximum Gasteiger partial charge on any atom is 0.337 e. The van der Waals surface area contributed by atoms with E-state index in [2.05, 4.69) is 40.4 Å². The lowest BCUT2D eigenvalue weighted by Gasteiger charge is -2.36. The van der Waals surface area contributed by atoms with E-state index < -0.39 is 8.32 Å². The van der Waals surface area contributed by atoms with Gasteiger partial charge in [-0.2, -0.15) is 0 Å². The van der Waals surface area contributed by atoms with Crippen molar-refractivity contribution >= 4 is 20.4 Å². The van der Waals surface area contributed by atoms with Crippen molar-refractivity contribution in [1.29, 1.82) is 0 Å². The normalized spacial score (nSPS) is 12.1. The van der Waals surface area contributed by atoms with E-state index in [4.69, 9.17) is 9.16 Å². The van der Waals surface area contributed by atoms with Crippen LogP contribution >= 0.6 is 0 Å². The Morgan fingerprint density at radius 1 is 1.32 bits per heavy atom. The molecule has 0 aliphatic heterocycles. The monoisotopic (exact) mass is 320 g/mol. The van der Waals surface area contributed by atoms with E-state index in [0.29, 0.717) is 12.2 Å². The van der Waals surface area contributed by atoms with Gasteiger partial charge in [0.15, 0.2) is 8.32 Å². The minimum Gasteiger partial charge on any atom is -0.465 e. The second-order valence-corrected chi connectivity index (χ2v) is 11.8. The molecule has 0 atom stereocenters. The molecule has 0 saturated carbocycles. The van der Waals surface area contributed by atoms with Gasteiger partial charge in [-0.3, -0.25) is 0 Å². The fourth-order valence-electron chi connectivity index (χ4n) is 1.90. The highest BCUT2D eigenvalue weighted by Gasteiger charge is 2.36. The first-order valence-corrected chi connectivity index (χ1v) is 10.5. The second-order valence-electron chi connectivity index (χ2n) is 6.97. The minimum absolute atomic E-state index is 0.197. The Balaban J connectivity index is 2.84. The van der Waals surface area contributed by atoms with Gasteiger partial charge in [0, 0.05) is 6.61 Å². The van der Waals surface area contributed by atoms with Crippen LogP contribution in [0.4, 0.5) is 0 Å². The summed E-state index contributed by atoms with van der Waals surface area (Å²) in [6.07, 6.45) is 2.57. The molecule has 4 heteroatoms. The zero-order chi connectivity index (χ0) is 17.0. The summed E-state index contributed by atoms with van der Waals surface area (Å²) in [5, 5.41) is 0.197. The van der Waals surface area contributed by atoms with Gasteiger partial charge in [-0.15, -0.1) is 0 Å². The Morgan fingerprint density at radius 2 is 1.95 bits per heavy atom. The van der Waals surface area contributed by atoms with Gasteiger partial charge in [0.25, 0.3) is 0 Å². The van der Waals surface area contributed by atoms with E-state index in [9.17, 15) is 4.79 Å². The molecule has 0 radical (unpaired) electrons. The van der Waals surface area contributed by atoms with Crippen LogP contribution in [0.1, 0.15) is 42.3 Å². The van der Waals surface area contributed by atoms with E-state index >= 15 is 0 Å². The minimum atomic E-state index is -1.75. The lowest BCUT2D eigenvalue weighted by Crippen LogP contribution is -2.41. The molecule has 0 heterocycles. The van der Waals surface area contributed by atoms with Crippen LogP contribution in [0.3, 0.4) is 0 Å². The van der Waals surface area contributed by atoms with Crippen LogP contribution < -0.4 is 0 Å². The van der Waals surface area contributed by atoms with Crippen LogP contribution in [-0.4, -0.2) is 28.0 Å². The van der Waals surface area contributed by atoms with Crippen LogP contribution in [-0.2, 0) is 15.6 Å². The molecule has 0 fully saturated rings. The average Bonchev–Trinajstić information content (AvgIpc) is 2.44. The molecule has 1 aromatic rings. The van der Waals surface area contributed by atoms with Crippen molar-refractivity contribution in [2.75, 3.05) is 13.7 Å². The van der Waals surface area contributed by atoms with Gasteiger partial charge in [-0.25, -0.2) is 4.79 Å². The summed E-state index contributed by atoms with van der Waals surface area (Å²) in [7, 11) is -0.353. The molecule has 0 amide bonds. The molecular weight excluding hydrogens is 292 g/mol. The molecule has 0 spiro atoms. The van der Waals surface area contributed by atoms with Crippen LogP contribution in [0.25, 0.3) is 6.08 Å². The molecule has 122 valence electrons. The molecule has 0 saturated heterocycles. The molecule has 0 aromatic heterocycles. The van der Waals surface area contributed by atoms with Crippen molar-refractivity contribution in [3.05, 3.63) is 41.5 Å². The predicted octanol–water partition coefficient (Wildman–Crippen LogP) is 4.68. The molecule has 3 nitrogen and oxygen atoms in total. The highest BCUT2D eigenvalue weighted by Crippen LogP contribution is 2.36. The first kappa shape index (κ1) is 18.7. The van der Waals surface area contributed by atoms with Crippen LogP contribution in [0.2, 0.25) is 18.1 Å². The van der Waals surface area contributed by atoms with Crippen molar-refractivity contribution in [3.8, 4) is 0 Å². The maximum atomic E-state index is 11.7. The van der Waals surface area contributed by atoms with E-state index in [-0.39, 0.29) is 11.0 Å². The first-order chi connectivity index (χ1) is 10.1. The number of ether oxygens (including phenoxy) is 1. The Hall–Kier alpha value is -1.39. The fourth-order valence-corrected chi connectivity index (χ4v) is 2.94. The van der Waals surface area contributed by atoms with E-state index in [0.717, 1.165) is 17.5 Å². The number of hydrogen-bond donors (Lipinski definition) is 0. The molecule has 22 heavy (non-hydrogen) atoms. The van der Waals surface area contributed by atoms with Crippen LogP contribution in [0.5, 0.6) is 0 Å². The van der Waals surface area contributed by atoms with Crippen molar-refractivity contribution < 1.29 is 14.0 Å². The number of esters is 1. The molecule has 0 aliphatic rings. The van der Waals surface area contributed by atoms with E-state index in [1.807, 2.05) is 18.2 Å². The second kappa shape index (κ2) is 7.25. The quantitative estimate of drug-likeness (QED) is 0.564. The van der Waals surface area contributed by atoms with Gasteiger partial charge in [0.1, 0.15) is 0 Å². The molecule has 1 aromatic carbocycles. The largest absolute Gasteiger partial charge is 0.465 e. The molecule has 0 unspecified atom stereocenters. The van der Waals surface area contributed by atoms with Gasteiger partial charge in [-0.05, 0) is 47.8 Å². The number of methoxy groups -OCH3 is 1. The third-order valence-corrected chi connectivity index (χ3v) is 8.96. The highest BCUT2D eigenvalue weighted by atomic mass is 28.4. The topological polar surface area (TPSA) is 35.5 Å². The molecule has 1 rings (SSSR count). The molecular formula is C18H28O3Si. The Kier molecular flexibility index (Phi) is 6.14. The summed E-state index contributed by atoms with van der Waals surface area (Å²) in [6.45, 7) is 15.7. The standard InChI is InChI=1S/C18H28O3Si/c1-8-14-9-10-16(17(19)20-5)13-15(14)11-12-21-22(6,7)18(2,3)4/h8-10,13H,1,11-12H2,2-7H3. The highest BCUT2D eigenvalue weighted by molar-refractivity contribution is 6.74. The van der Waals surface area contributed by atoms with Crippen molar-refractivity contribution in [2.24, 2.45) is 0 Å². The lowest BCUT2D eigenvalue weighted by atomic mass is 10.0. The molecule has 0 bridgehead atoms. The molecule has 0 N–H and O–H groups in total. The number of hydrogen-bond acceptors (Lipinski definition) is 3. The number of carbonyl (C=O) groups excluding carboxylic acids is 1. The van der Waals surface area contributed by atoms with Gasteiger partial charge in [-0.1, -0.05) is 39.5 Å². The third-order valence-electron chi connectivity index (χ3n) is 4.42. The maximum absolute atomic E-state index is 11.7. The average molecular weight is 321 g/mol. The van der Waals surface area contributed by atoms with Gasteiger partial charge in [0.2, 0.25) is 0 Å². The van der Waals surface area contributed by atoms with E-state index in [1.165, 1.54) is 7.11 Å². The Labute approximate surface area is 135 Å². The Bertz CT molecular complexity index is 542. The number of rotatable bonds is 6. The zero-order valence-corrected chi connectivity index (χ0v) is 15.7. The van der Waals surface area contributed by atoms with Crippen LogP contribution in [0.15, 0.2) is 24.8 Å². The lowest BCUT2D eigenvalue weighted by molar-refractivity contribution is 0.0600. The third kappa shape index (κ3) is 4.55. The zero-order valence-electron chi connectivity index (χ0n) is 14.7. The summed E-state index contributed by atoms with van der Waals surface area (Å²) in [5.74, 6) is -0.317. The van der Waals surface area contributed by atoms with Crippen LogP contribution in [0, 0.1) is 0 Å². The van der Waals surface area contributed by atoms with E-state index in [1.54, 1.807) is 6.07 Å². The fraction of sp³-hybridized carbons (Fsp3) is 0.500. The summed E-state index contributed by atoms with van der Waals surface area (Å²) in [4.78, 5) is 11.7. The molecule has 0 aliphatic carbocycles. The van der Waals surface area contributed by atoms with Crippen molar-refractivity contribution in [3.63, 3.8) is 0 Å². The Morgan fingerprint density at radius 3 is 2.45 bits per heavy atom. The van der Waals surface area contributed by atoms with Crippen molar-refractivity contribution in [2.45, 2.75) is 45.3 Å². The van der Waals surface area contributed by atoms with Gasteiger partial charge >= 0.3 is 5.97 Å². The van der Waals surface area contributed by atoms with Crippen molar-refractivity contribution in [1.82, 2.24) is 0 Å². The first-order valence-electron chi connectivity index (χ1n) is 7.60.